The van der Waals surface area contributed by atoms with E-state index < -0.39 is 0 Å². The summed E-state index contributed by atoms with van der Waals surface area (Å²) >= 11 is 0. The molecule has 0 radical (unpaired) electrons. The highest BCUT2D eigenvalue weighted by atomic mass is 16.1. The Morgan fingerprint density at radius 3 is 2.39 bits per heavy atom. The second kappa shape index (κ2) is 6.80. The Bertz CT molecular complexity index is 429. The third-order valence-electron chi connectivity index (χ3n) is 3.11. The summed E-state index contributed by atoms with van der Waals surface area (Å²) in [6.07, 6.45) is 1.20. The van der Waals surface area contributed by atoms with Gasteiger partial charge in [-0.1, -0.05) is 26.0 Å². The van der Waals surface area contributed by atoms with Crippen LogP contribution in [-0.2, 0) is 11.2 Å². The summed E-state index contributed by atoms with van der Waals surface area (Å²) in [7, 11) is 0. The van der Waals surface area contributed by atoms with E-state index >= 15 is 0 Å². The second-order valence-electron chi connectivity index (χ2n) is 4.91. The van der Waals surface area contributed by atoms with Crippen molar-refractivity contribution in [3.8, 4) is 6.07 Å². The Morgan fingerprint density at radius 2 is 1.89 bits per heavy atom. The third-order valence-corrected chi connectivity index (χ3v) is 3.11. The molecule has 1 aromatic carbocycles. The van der Waals surface area contributed by atoms with Gasteiger partial charge in [-0.15, -0.1) is 0 Å². The van der Waals surface area contributed by atoms with E-state index in [1.54, 1.807) is 12.1 Å². The third kappa shape index (κ3) is 4.58. The largest absolute Gasteiger partial charge is 0.353 e. The van der Waals surface area contributed by atoms with Gasteiger partial charge in [0.2, 0.25) is 5.91 Å². The molecule has 0 saturated carbocycles. The summed E-state index contributed by atoms with van der Waals surface area (Å²) in [5, 5.41) is 11.7. The van der Waals surface area contributed by atoms with Crippen LogP contribution in [0, 0.1) is 17.2 Å². The summed E-state index contributed by atoms with van der Waals surface area (Å²) in [5.41, 5.74) is 1.73. The average Bonchev–Trinajstić information content (AvgIpc) is 2.36. The highest BCUT2D eigenvalue weighted by Crippen LogP contribution is 2.06. The quantitative estimate of drug-likeness (QED) is 0.865. The van der Waals surface area contributed by atoms with Gasteiger partial charge < -0.3 is 5.32 Å². The number of carbonyl (C=O) groups excluding carboxylic acids is 1. The van der Waals surface area contributed by atoms with Crippen LogP contribution in [0.3, 0.4) is 0 Å². The fourth-order valence-corrected chi connectivity index (χ4v) is 1.50. The minimum absolute atomic E-state index is 0.0839. The van der Waals surface area contributed by atoms with Gasteiger partial charge in [0.1, 0.15) is 0 Å². The lowest BCUT2D eigenvalue weighted by molar-refractivity contribution is -0.121. The van der Waals surface area contributed by atoms with Crippen molar-refractivity contribution < 1.29 is 4.79 Å². The maximum Gasteiger partial charge on any atom is 0.220 e. The maximum absolute atomic E-state index is 11.7. The van der Waals surface area contributed by atoms with Crippen molar-refractivity contribution in [1.82, 2.24) is 5.32 Å². The number of carbonyl (C=O) groups is 1. The zero-order valence-corrected chi connectivity index (χ0v) is 11.2. The molecule has 1 rings (SSSR count). The van der Waals surface area contributed by atoms with Gasteiger partial charge >= 0.3 is 0 Å². The van der Waals surface area contributed by atoms with Crippen molar-refractivity contribution in [3.05, 3.63) is 35.4 Å². The van der Waals surface area contributed by atoms with Crippen molar-refractivity contribution >= 4 is 5.91 Å². The lowest BCUT2D eigenvalue weighted by Gasteiger charge is -2.17. The Kier molecular flexibility index (Phi) is 5.38. The van der Waals surface area contributed by atoms with Gasteiger partial charge in [0.15, 0.2) is 0 Å². The van der Waals surface area contributed by atoms with E-state index in [9.17, 15) is 4.79 Å². The molecule has 0 aliphatic heterocycles. The molecule has 0 bridgehead atoms. The summed E-state index contributed by atoms with van der Waals surface area (Å²) in [6.45, 7) is 6.20. The zero-order valence-electron chi connectivity index (χ0n) is 11.2. The molecule has 96 valence electrons. The first-order chi connectivity index (χ1) is 8.52. The standard InChI is InChI=1S/C15H20N2O/c1-11(2)12(3)17-15(18)9-8-13-4-6-14(10-16)7-5-13/h4-7,11-12H,8-9H2,1-3H3,(H,17,18)/t12-/m1/s1. The molecule has 0 fully saturated rings. The number of hydrogen-bond acceptors (Lipinski definition) is 2. The molecular formula is C15H20N2O. The van der Waals surface area contributed by atoms with E-state index in [1.165, 1.54) is 0 Å². The van der Waals surface area contributed by atoms with E-state index in [2.05, 4.69) is 25.2 Å². The number of nitriles is 1. The molecule has 0 aliphatic rings. The lowest BCUT2D eigenvalue weighted by atomic mass is 10.1. The SMILES string of the molecule is CC(C)[C@@H](C)NC(=O)CCc1ccc(C#N)cc1. The second-order valence-corrected chi connectivity index (χ2v) is 4.91. The van der Waals surface area contributed by atoms with Crippen LogP contribution in [-0.4, -0.2) is 11.9 Å². The molecule has 3 nitrogen and oxygen atoms in total. The lowest BCUT2D eigenvalue weighted by Crippen LogP contribution is -2.36. The van der Waals surface area contributed by atoms with Crippen LogP contribution in [0.5, 0.6) is 0 Å². The summed E-state index contributed by atoms with van der Waals surface area (Å²) in [5.74, 6) is 0.532. The van der Waals surface area contributed by atoms with Gasteiger partial charge in [-0.25, -0.2) is 0 Å². The van der Waals surface area contributed by atoms with Gasteiger partial charge in [-0.05, 0) is 37.0 Å². The van der Waals surface area contributed by atoms with E-state index in [1.807, 2.05) is 19.1 Å². The summed E-state index contributed by atoms with van der Waals surface area (Å²) in [6, 6.07) is 9.65. The molecule has 0 aromatic heterocycles. The molecule has 0 unspecified atom stereocenters. The molecule has 1 aromatic rings. The Labute approximate surface area is 109 Å². The van der Waals surface area contributed by atoms with E-state index in [4.69, 9.17) is 5.26 Å². The Morgan fingerprint density at radius 1 is 1.28 bits per heavy atom. The van der Waals surface area contributed by atoms with Crippen LogP contribution in [0.4, 0.5) is 0 Å². The molecule has 3 heteroatoms. The van der Waals surface area contributed by atoms with Gasteiger partial charge in [0.05, 0.1) is 11.6 Å². The first-order valence-corrected chi connectivity index (χ1v) is 6.31. The first-order valence-electron chi connectivity index (χ1n) is 6.31. The first kappa shape index (κ1) is 14.2. The molecule has 1 atom stereocenters. The van der Waals surface area contributed by atoms with Gasteiger partial charge in [-0.2, -0.15) is 5.26 Å². The number of hydrogen-bond donors (Lipinski definition) is 1. The maximum atomic E-state index is 11.7. The van der Waals surface area contributed by atoms with Crippen molar-refractivity contribution in [2.24, 2.45) is 5.92 Å². The fraction of sp³-hybridized carbons (Fsp3) is 0.467. The molecule has 0 spiro atoms. The molecule has 1 amide bonds. The number of benzene rings is 1. The van der Waals surface area contributed by atoms with Gasteiger partial charge in [-0.3, -0.25) is 4.79 Å². The minimum Gasteiger partial charge on any atom is -0.353 e. The zero-order chi connectivity index (χ0) is 13.5. The van der Waals surface area contributed by atoms with Crippen molar-refractivity contribution in [3.63, 3.8) is 0 Å². The Balaban J connectivity index is 2.40. The summed E-state index contributed by atoms with van der Waals surface area (Å²) in [4.78, 5) is 11.7. The van der Waals surface area contributed by atoms with Crippen LogP contribution in [0.15, 0.2) is 24.3 Å². The minimum atomic E-state index is 0.0839. The van der Waals surface area contributed by atoms with Crippen LogP contribution in [0.25, 0.3) is 0 Å². The van der Waals surface area contributed by atoms with Gasteiger partial charge in [0, 0.05) is 12.5 Å². The smallest absolute Gasteiger partial charge is 0.220 e. The van der Waals surface area contributed by atoms with Crippen LogP contribution >= 0.6 is 0 Å². The Hall–Kier alpha value is -1.82. The predicted octanol–water partition coefficient (Wildman–Crippen LogP) is 2.65. The highest BCUT2D eigenvalue weighted by molar-refractivity contribution is 5.76. The van der Waals surface area contributed by atoms with E-state index in [0.29, 0.717) is 24.3 Å². The molecule has 0 saturated heterocycles. The number of nitrogens with one attached hydrogen (secondary N) is 1. The summed E-state index contributed by atoms with van der Waals surface area (Å²) < 4.78 is 0. The highest BCUT2D eigenvalue weighted by Gasteiger charge is 2.10. The monoisotopic (exact) mass is 244 g/mol. The van der Waals surface area contributed by atoms with E-state index in [0.717, 1.165) is 5.56 Å². The molecule has 1 N–H and O–H groups in total. The number of nitrogens with zero attached hydrogens (tertiary/aromatic N) is 1. The average molecular weight is 244 g/mol. The molecule has 0 heterocycles. The number of amides is 1. The van der Waals surface area contributed by atoms with Crippen molar-refractivity contribution in [1.29, 1.82) is 5.26 Å². The molecule has 0 aliphatic carbocycles. The molecular weight excluding hydrogens is 224 g/mol. The van der Waals surface area contributed by atoms with Gasteiger partial charge in [0.25, 0.3) is 0 Å². The number of aryl methyl sites for hydroxylation is 1. The van der Waals surface area contributed by atoms with Crippen molar-refractivity contribution in [2.75, 3.05) is 0 Å². The van der Waals surface area contributed by atoms with Crippen LogP contribution < -0.4 is 5.32 Å². The predicted molar refractivity (Wildman–Crippen MR) is 71.9 cm³/mol. The normalized spacial score (nSPS) is 11.9. The van der Waals surface area contributed by atoms with E-state index in [-0.39, 0.29) is 11.9 Å². The van der Waals surface area contributed by atoms with Crippen LogP contribution in [0.1, 0.15) is 38.3 Å². The topological polar surface area (TPSA) is 52.9 Å². The fourth-order valence-electron chi connectivity index (χ4n) is 1.50. The molecule has 18 heavy (non-hydrogen) atoms. The number of rotatable bonds is 5. The van der Waals surface area contributed by atoms with Crippen LogP contribution in [0.2, 0.25) is 0 Å². The van der Waals surface area contributed by atoms with Crippen molar-refractivity contribution in [2.45, 2.75) is 39.7 Å².